The number of carbonyl (C=O) groups is 1. The normalized spacial score (nSPS) is 11.3. The van der Waals surface area contributed by atoms with Crippen molar-refractivity contribution in [3.05, 3.63) is 0 Å². The maximum atomic E-state index is 9.99. The fourth-order valence-corrected chi connectivity index (χ4v) is 0.484. The van der Waals surface area contributed by atoms with Crippen molar-refractivity contribution in [2.24, 2.45) is 5.73 Å². The van der Waals surface area contributed by atoms with Crippen molar-refractivity contribution >= 4 is 5.97 Å². The predicted octanol–water partition coefficient (Wildman–Crippen LogP) is 0.0340. The lowest BCUT2D eigenvalue weighted by atomic mass is 10.2. The molecule has 0 saturated carbocycles. The molecule has 0 aliphatic carbocycles. The molecule has 0 aliphatic heterocycles. The van der Waals surface area contributed by atoms with E-state index in [1.807, 2.05) is 14.0 Å². The molecule has 0 fully saturated rings. The molecule has 4 heteroatoms. The number of hydrogen-bond donors (Lipinski definition) is 3. The van der Waals surface area contributed by atoms with Crippen LogP contribution in [0.3, 0.4) is 0 Å². The van der Waals surface area contributed by atoms with Crippen molar-refractivity contribution in [2.75, 3.05) is 14.1 Å². The number of nitrogens with two attached hydrogens (primary N) is 1. The molecule has 11 heavy (non-hydrogen) atoms. The Morgan fingerprint density at radius 2 is 2.09 bits per heavy atom. The van der Waals surface area contributed by atoms with E-state index in [2.05, 4.69) is 11.1 Å². The van der Waals surface area contributed by atoms with E-state index >= 15 is 0 Å². The summed E-state index contributed by atoms with van der Waals surface area (Å²) in [6.07, 6.45) is 0.952. The SMILES string of the molecule is CN.CNC(C)CCC(=O)O. The summed E-state index contributed by atoms with van der Waals surface area (Å²) in [6, 6.07) is 0.307. The molecule has 0 aliphatic rings. The van der Waals surface area contributed by atoms with E-state index in [4.69, 9.17) is 5.11 Å². The maximum Gasteiger partial charge on any atom is 0.303 e. The highest BCUT2D eigenvalue weighted by Crippen LogP contribution is 1.93. The predicted molar refractivity (Wildman–Crippen MR) is 45.5 cm³/mol. The number of carboxylic acid groups (broad SMARTS) is 1. The van der Waals surface area contributed by atoms with Gasteiger partial charge in [0.15, 0.2) is 0 Å². The third-order valence-electron chi connectivity index (χ3n) is 1.28. The van der Waals surface area contributed by atoms with E-state index in [0.717, 1.165) is 0 Å². The maximum absolute atomic E-state index is 9.99. The Labute approximate surface area is 67.8 Å². The van der Waals surface area contributed by atoms with Crippen molar-refractivity contribution in [1.82, 2.24) is 5.32 Å². The molecule has 0 spiro atoms. The van der Waals surface area contributed by atoms with Crippen LogP contribution in [0.1, 0.15) is 19.8 Å². The van der Waals surface area contributed by atoms with Crippen molar-refractivity contribution < 1.29 is 9.90 Å². The van der Waals surface area contributed by atoms with Crippen LogP contribution in [0.25, 0.3) is 0 Å². The lowest BCUT2D eigenvalue weighted by Gasteiger charge is -2.05. The summed E-state index contributed by atoms with van der Waals surface area (Å²) in [5, 5.41) is 11.2. The van der Waals surface area contributed by atoms with Gasteiger partial charge in [0.25, 0.3) is 0 Å². The zero-order valence-corrected chi connectivity index (χ0v) is 7.42. The van der Waals surface area contributed by atoms with Crippen molar-refractivity contribution in [3.8, 4) is 0 Å². The molecule has 1 atom stereocenters. The van der Waals surface area contributed by atoms with E-state index in [1.54, 1.807) is 0 Å². The van der Waals surface area contributed by atoms with Crippen LogP contribution >= 0.6 is 0 Å². The molecule has 4 N–H and O–H groups in total. The number of carboxylic acids is 1. The highest BCUT2D eigenvalue weighted by atomic mass is 16.4. The monoisotopic (exact) mass is 162 g/mol. The Bertz CT molecular complexity index is 96.4. The second-order valence-electron chi connectivity index (χ2n) is 2.12. The van der Waals surface area contributed by atoms with Gasteiger partial charge in [0.1, 0.15) is 0 Å². The lowest BCUT2D eigenvalue weighted by Crippen LogP contribution is -2.21. The Hall–Kier alpha value is -0.610. The number of nitrogens with one attached hydrogen (secondary N) is 1. The van der Waals surface area contributed by atoms with Crippen LogP contribution in [0, 0.1) is 0 Å². The molecule has 4 nitrogen and oxygen atoms in total. The Balaban J connectivity index is 0. The van der Waals surface area contributed by atoms with E-state index in [9.17, 15) is 4.79 Å². The first-order chi connectivity index (χ1) is 5.16. The van der Waals surface area contributed by atoms with Gasteiger partial charge in [-0.2, -0.15) is 0 Å². The standard InChI is InChI=1S/C6H13NO2.CH5N/c1-5(7-2)3-4-6(8)9;1-2/h5,7H,3-4H2,1-2H3,(H,8,9);2H2,1H3. The van der Waals surface area contributed by atoms with Gasteiger partial charge in [-0.3, -0.25) is 4.79 Å². The van der Waals surface area contributed by atoms with E-state index in [1.165, 1.54) is 7.05 Å². The van der Waals surface area contributed by atoms with Gasteiger partial charge in [-0.15, -0.1) is 0 Å². The number of rotatable bonds is 4. The van der Waals surface area contributed by atoms with Gasteiger partial charge in [0.2, 0.25) is 0 Å². The van der Waals surface area contributed by atoms with Crippen molar-refractivity contribution in [2.45, 2.75) is 25.8 Å². The quantitative estimate of drug-likeness (QED) is 0.545. The van der Waals surface area contributed by atoms with Gasteiger partial charge < -0.3 is 16.2 Å². The molecular weight excluding hydrogens is 144 g/mol. The van der Waals surface area contributed by atoms with Gasteiger partial charge in [0.05, 0.1) is 0 Å². The molecular formula is C7H18N2O2. The van der Waals surface area contributed by atoms with Gasteiger partial charge in [0, 0.05) is 12.5 Å². The average molecular weight is 162 g/mol. The summed E-state index contributed by atoms with van der Waals surface area (Å²) in [5.41, 5.74) is 4.50. The minimum atomic E-state index is -0.725. The molecule has 68 valence electrons. The highest BCUT2D eigenvalue weighted by molar-refractivity contribution is 5.66. The van der Waals surface area contributed by atoms with E-state index in [0.29, 0.717) is 12.5 Å². The third-order valence-corrected chi connectivity index (χ3v) is 1.28. The van der Waals surface area contributed by atoms with Crippen molar-refractivity contribution in [3.63, 3.8) is 0 Å². The summed E-state index contributed by atoms with van der Waals surface area (Å²) >= 11 is 0. The minimum absolute atomic E-state index is 0.252. The fraction of sp³-hybridized carbons (Fsp3) is 0.857. The molecule has 0 amide bonds. The molecule has 1 unspecified atom stereocenters. The summed E-state index contributed by atoms with van der Waals surface area (Å²) in [7, 11) is 3.33. The molecule has 0 radical (unpaired) electrons. The largest absolute Gasteiger partial charge is 0.481 e. The van der Waals surface area contributed by atoms with Crippen LogP contribution < -0.4 is 11.1 Å². The van der Waals surface area contributed by atoms with Crippen LogP contribution in [0.4, 0.5) is 0 Å². The summed E-state index contributed by atoms with van der Waals surface area (Å²) in [6.45, 7) is 1.96. The van der Waals surface area contributed by atoms with Crippen LogP contribution in [0.15, 0.2) is 0 Å². The van der Waals surface area contributed by atoms with Gasteiger partial charge in [-0.25, -0.2) is 0 Å². The molecule has 0 rings (SSSR count). The van der Waals surface area contributed by atoms with E-state index < -0.39 is 5.97 Å². The fourth-order valence-electron chi connectivity index (χ4n) is 0.484. The second kappa shape index (κ2) is 9.39. The molecule has 0 aromatic rings. The van der Waals surface area contributed by atoms with E-state index in [-0.39, 0.29) is 6.42 Å². The smallest absolute Gasteiger partial charge is 0.303 e. The first-order valence-electron chi connectivity index (χ1n) is 3.63. The van der Waals surface area contributed by atoms with Gasteiger partial charge in [-0.1, -0.05) is 0 Å². The zero-order valence-electron chi connectivity index (χ0n) is 7.42. The Morgan fingerprint density at radius 1 is 1.64 bits per heavy atom. The molecule has 0 saturated heterocycles. The molecule has 0 heterocycles. The van der Waals surface area contributed by atoms with Gasteiger partial charge in [-0.05, 0) is 27.4 Å². The van der Waals surface area contributed by atoms with Gasteiger partial charge >= 0.3 is 5.97 Å². The van der Waals surface area contributed by atoms with Crippen LogP contribution in [-0.4, -0.2) is 31.2 Å². The highest BCUT2D eigenvalue weighted by Gasteiger charge is 2.00. The number of hydrogen-bond acceptors (Lipinski definition) is 3. The Morgan fingerprint density at radius 3 is 2.36 bits per heavy atom. The first kappa shape index (κ1) is 13.0. The van der Waals surface area contributed by atoms with Crippen LogP contribution in [-0.2, 0) is 4.79 Å². The number of aliphatic carboxylic acids is 1. The lowest BCUT2D eigenvalue weighted by molar-refractivity contribution is -0.137. The third kappa shape index (κ3) is 12.6. The second-order valence-corrected chi connectivity index (χ2v) is 2.12. The molecule has 0 bridgehead atoms. The summed E-state index contributed by atoms with van der Waals surface area (Å²) < 4.78 is 0. The Kier molecular flexibility index (Phi) is 11.1. The summed E-state index contributed by atoms with van der Waals surface area (Å²) in [4.78, 5) is 9.99. The minimum Gasteiger partial charge on any atom is -0.481 e. The van der Waals surface area contributed by atoms with Crippen LogP contribution in [0.5, 0.6) is 0 Å². The zero-order chi connectivity index (χ0) is 9.28. The summed E-state index contributed by atoms with van der Waals surface area (Å²) in [5.74, 6) is -0.725. The van der Waals surface area contributed by atoms with Crippen molar-refractivity contribution in [1.29, 1.82) is 0 Å². The van der Waals surface area contributed by atoms with Crippen LogP contribution in [0.2, 0.25) is 0 Å². The topological polar surface area (TPSA) is 75.3 Å². The molecule has 0 aromatic heterocycles. The molecule has 0 aromatic carbocycles. The first-order valence-corrected chi connectivity index (χ1v) is 3.63. The average Bonchev–Trinajstić information content (AvgIpc) is 2.04.